The summed E-state index contributed by atoms with van der Waals surface area (Å²) < 4.78 is 18.8. The van der Waals surface area contributed by atoms with Gasteiger partial charge in [0.2, 0.25) is 0 Å². The molecule has 10 heteroatoms. The van der Waals surface area contributed by atoms with E-state index < -0.39 is 0 Å². The SMILES string of the molecule is c1ccc(-c2cccc(-c3cc(-n4c5ccccc5c5cc(-c6ccccc6)ccc54)cc4c3oc3cccc(-c5nc(-c6ccccc6)nc(-c6ccccc6)n5)c34)c2)cc1.c1ccc(-c2cccc(-c3cc(-n4c5ccccc5c5ccc(-c6ccccc6)cc54)cc4c3oc3cccc(-c5nc(-c6ccccc6)nc(-c6ccccc6)n5)c34)c2)cc1. The van der Waals surface area contributed by atoms with Gasteiger partial charge in [0.1, 0.15) is 22.3 Å². The smallest absolute Gasteiger partial charge is 0.164 e. The number of rotatable bonds is 14. The fraction of sp³-hybridized carbons (Fsp3) is 0. The Labute approximate surface area is 713 Å². The van der Waals surface area contributed by atoms with E-state index in [1.807, 2.05) is 146 Å². The van der Waals surface area contributed by atoms with E-state index in [2.05, 4.69) is 300 Å². The van der Waals surface area contributed by atoms with E-state index in [1.54, 1.807) is 0 Å². The Morgan fingerprint density at radius 2 is 0.452 bits per heavy atom. The molecule has 6 aromatic heterocycles. The quantitative estimate of drug-likeness (QED) is 0.106. The number of nitrogens with zero attached hydrogens (tertiary/aromatic N) is 8. The van der Waals surface area contributed by atoms with Crippen molar-refractivity contribution in [2.24, 2.45) is 0 Å². The molecule has 0 aliphatic rings. The lowest BCUT2D eigenvalue weighted by molar-refractivity contribution is 0.669. The number of fused-ring (bicyclic) bond motifs is 12. The van der Waals surface area contributed by atoms with Gasteiger partial charge in [0.05, 0.1) is 22.1 Å². The molecule has 124 heavy (non-hydrogen) atoms. The predicted molar refractivity (Wildman–Crippen MR) is 508 cm³/mol. The average Bonchev–Trinajstić information content (AvgIpc) is 1.57. The lowest BCUT2D eigenvalue weighted by Crippen LogP contribution is -2.00. The second kappa shape index (κ2) is 30.8. The van der Waals surface area contributed by atoms with Crippen LogP contribution in [-0.4, -0.2) is 39.0 Å². The third-order valence-corrected chi connectivity index (χ3v) is 23.7. The first-order valence-corrected chi connectivity index (χ1v) is 41.7. The zero-order chi connectivity index (χ0) is 82.0. The third-order valence-electron chi connectivity index (χ3n) is 23.7. The summed E-state index contributed by atoms with van der Waals surface area (Å²) in [5.74, 6) is 3.59. The Morgan fingerprint density at radius 1 is 0.161 bits per heavy atom. The maximum absolute atomic E-state index is 7.02. The van der Waals surface area contributed by atoms with Crippen molar-refractivity contribution in [2.75, 3.05) is 0 Å². The van der Waals surface area contributed by atoms with E-state index >= 15 is 0 Å². The van der Waals surface area contributed by atoms with Crippen LogP contribution in [0.4, 0.5) is 0 Å². The van der Waals surface area contributed by atoms with Crippen molar-refractivity contribution < 1.29 is 8.83 Å². The molecule has 580 valence electrons. The first-order chi connectivity index (χ1) is 61.5. The molecule has 0 radical (unpaired) electrons. The highest BCUT2D eigenvalue weighted by molar-refractivity contribution is 6.19. The molecule has 0 spiro atoms. The molecule has 0 N–H and O–H groups in total. The molecule has 10 nitrogen and oxygen atoms in total. The lowest BCUT2D eigenvalue weighted by Gasteiger charge is -2.13. The largest absolute Gasteiger partial charge is 0.455 e. The van der Waals surface area contributed by atoms with Crippen molar-refractivity contribution in [1.29, 1.82) is 0 Å². The van der Waals surface area contributed by atoms with Gasteiger partial charge in [-0.1, -0.05) is 358 Å². The van der Waals surface area contributed by atoms with Gasteiger partial charge in [-0.25, -0.2) is 29.9 Å². The lowest BCUT2D eigenvalue weighted by atomic mass is 9.96. The summed E-state index contributed by atoms with van der Waals surface area (Å²) >= 11 is 0. The number of furan rings is 2. The normalized spacial score (nSPS) is 11.5. The number of benzene rings is 18. The minimum atomic E-state index is 0.577. The Kier molecular flexibility index (Phi) is 18.0. The van der Waals surface area contributed by atoms with Gasteiger partial charge < -0.3 is 18.0 Å². The van der Waals surface area contributed by atoms with Crippen LogP contribution in [0.15, 0.2) is 446 Å². The topological polar surface area (TPSA) is 113 Å². The molecule has 0 unspecified atom stereocenters. The molecule has 6 heterocycles. The van der Waals surface area contributed by atoms with Crippen LogP contribution in [0.1, 0.15) is 0 Å². The summed E-state index contributed by atoms with van der Waals surface area (Å²) in [6.45, 7) is 0. The molecule has 0 atom stereocenters. The summed E-state index contributed by atoms with van der Waals surface area (Å²) in [4.78, 5) is 30.7. The van der Waals surface area contributed by atoms with E-state index in [0.29, 0.717) is 34.9 Å². The molecule has 0 saturated heterocycles. The van der Waals surface area contributed by atoms with Gasteiger partial charge in [0.25, 0.3) is 0 Å². The molecule has 18 aromatic carbocycles. The van der Waals surface area contributed by atoms with Gasteiger partial charge in [-0.15, -0.1) is 0 Å². The second-order valence-corrected chi connectivity index (χ2v) is 31.2. The Hall–Kier alpha value is -16.8. The molecule has 0 fully saturated rings. The van der Waals surface area contributed by atoms with E-state index in [0.717, 1.165) is 161 Å². The van der Waals surface area contributed by atoms with Crippen molar-refractivity contribution >= 4 is 87.5 Å². The minimum absolute atomic E-state index is 0.577. The van der Waals surface area contributed by atoms with Crippen LogP contribution >= 0.6 is 0 Å². The van der Waals surface area contributed by atoms with Gasteiger partial charge in [-0.3, -0.25) is 0 Å². The van der Waals surface area contributed by atoms with Crippen LogP contribution in [0.5, 0.6) is 0 Å². The third kappa shape index (κ3) is 13.1. The molecule has 0 aliphatic carbocycles. The van der Waals surface area contributed by atoms with Crippen LogP contribution in [0, 0.1) is 0 Å². The fourth-order valence-corrected chi connectivity index (χ4v) is 17.9. The first-order valence-electron chi connectivity index (χ1n) is 41.7. The average molecular weight is 1590 g/mol. The van der Waals surface area contributed by atoms with Crippen molar-refractivity contribution in [1.82, 2.24) is 39.0 Å². The highest BCUT2D eigenvalue weighted by Crippen LogP contribution is 2.48. The van der Waals surface area contributed by atoms with Crippen LogP contribution < -0.4 is 0 Å². The van der Waals surface area contributed by atoms with Gasteiger partial charge in [-0.05, 0) is 134 Å². The van der Waals surface area contributed by atoms with Gasteiger partial charge >= 0.3 is 0 Å². The number of aromatic nitrogens is 8. The number of hydrogen-bond acceptors (Lipinski definition) is 8. The maximum atomic E-state index is 7.02. The van der Waals surface area contributed by atoms with Crippen molar-refractivity contribution in [3.8, 4) is 146 Å². The number of hydrogen-bond donors (Lipinski definition) is 0. The molecule has 0 bridgehead atoms. The second-order valence-electron chi connectivity index (χ2n) is 31.2. The van der Waals surface area contributed by atoms with Crippen LogP contribution in [0.2, 0.25) is 0 Å². The highest BCUT2D eigenvalue weighted by atomic mass is 16.3. The zero-order valence-corrected chi connectivity index (χ0v) is 67.0. The molecule has 0 amide bonds. The summed E-state index contributed by atoms with van der Waals surface area (Å²) in [5, 5.41) is 8.61. The predicted octanol–water partition coefficient (Wildman–Crippen LogP) is 29.7. The van der Waals surface area contributed by atoms with E-state index in [1.165, 1.54) is 38.2 Å². The molecular weight excluding hydrogens is 1510 g/mol. The van der Waals surface area contributed by atoms with E-state index in [9.17, 15) is 0 Å². The molecule has 0 aliphatic heterocycles. The van der Waals surface area contributed by atoms with E-state index in [4.69, 9.17) is 38.7 Å². The molecule has 24 aromatic rings. The van der Waals surface area contributed by atoms with Crippen LogP contribution in [-0.2, 0) is 0 Å². The molecule has 24 rings (SSSR count). The fourth-order valence-electron chi connectivity index (χ4n) is 17.9. The van der Waals surface area contributed by atoms with Crippen molar-refractivity contribution in [3.63, 3.8) is 0 Å². The maximum Gasteiger partial charge on any atom is 0.164 e. The van der Waals surface area contributed by atoms with Gasteiger partial charge in [-0.2, -0.15) is 0 Å². The number of para-hydroxylation sites is 2. The summed E-state index contributed by atoms with van der Waals surface area (Å²) in [6.07, 6.45) is 0. The van der Waals surface area contributed by atoms with Crippen molar-refractivity contribution in [3.05, 3.63) is 437 Å². The molecule has 0 saturated carbocycles. The molecular formula is C114H72N8O2. The first kappa shape index (κ1) is 72.4. The zero-order valence-electron chi connectivity index (χ0n) is 67.0. The Morgan fingerprint density at radius 3 is 0.855 bits per heavy atom. The summed E-state index contributed by atoms with van der Waals surface area (Å²) in [7, 11) is 0. The standard InChI is InChI=1S/2C57H36N4O/c1-5-17-37(18-6-1)41-25-15-26-43(33-41)48-35-44(61-50-29-14-13-27-45(50)46-32-31-42(34-51(46)61)38-19-7-2-8-20-38)36-49-53-47(28-16-30-52(53)62-54(48)49)57-59-55(39-21-9-3-10-22-39)58-56(60-57)40-23-11-4-12-24-40;1-5-17-37(18-6-1)41-25-15-26-43(33-41)47-35-44(61-50-29-14-13-27-45(50)48-34-42(31-32-51(48)61)38-19-7-2-8-20-38)36-49-53-46(28-16-30-52(53)62-54(47)49)57-59-55(39-21-9-3-10-22-39)58-56(60-57)40-23-11-4-12-24-40/h2*1-36H. The van der Waals surface area contributed by atoms with Crippen LogP contribution in [0.25, 0.3) is 234 Å². The van der Waals surface area contributed by atoms with Gasteiger partial charge in [0, 0.05) is 99.0 Å². The van der Waals surface area contributed by atoms with Gasteiger partial charge in [0.15, 0.2) is 34.9 Å². The van der Waals surface area contributed by atoms with Crippen molar-refractivity contribution in [2.45, 2.75) is 0 Å². The van der Waals surface area contributed by atoms with E-state index in [-0.39, 0.29) is 0 Å². The Balaban J connectivity index is 0.000000143. The summed E-state index contributed by atoms with van der Waals surface area (Å²) in [6, 6.07) is 153. The highest BCUT2D eigenvalue weighted by Gasteiger charge is 2.27. The monoisotopic (exact) mass is 1580 g/mol. The Bertz CT molecular complexity index is 8080. The minimum Gasteiger partial charge on any atom is -0.455 e. The van der Waals surface area contributed by atoms with Crippen LogP contribution in [0.3, 0.4) is 0 Å². The summed E-state index contributed by atoms with van der Waals surface area (Å²) in [5.41, 5.74) is 28.5.